The van der Waals surface area contributed by atoms with Crippen LogP contribution in [0, 0.1) is 0 Å². The monoisotopic (exact) mass is 353 g/mol. The van der Waals surface area contributed by atoms with E-state index in [1.165, 1.54) is 16.7 Å². The van der Waals surface area contributed by atoms with Gasteiger partial charge in [-0.2, -0.15) is 0 Å². The molecule has 2 heterocycles. The third-order valence-electron chi connectivity index (χ3n) is 5.24. The van der Waals surface area contributed by atoms with Gasteiger partial charge >= 0.3 is 0 Å². The largest absolute Gasteiger partial charge is 0.304 e. The van der Waals surface area contributed by atoms with E-state index in [4.69, 9.17) is 16.6 Å². The smallest absolute Gasteiger partial charge is 0.0726 e. The fraction of sp³-hybridized carbons (Fsp3) is 0.381. The number of piperazine rings is 1. The lowest BCUT2D eigenvalue weighted by Gasteiger charge is -2.35. The first kappa shape index (κ1) is 16.8. The Labute approximate surface area is 154 Å². The molecule has 1 atom stereocenters. The van der Waals surface area contributed by atoms with Crippen molar-refractivity contribution in [1.82, 2.24) is 9.80 Å². The molecule has 1 saturated heterocycles. The van der Waals surface area contributed by atoms with E-state index < -0.39 is 0 Å². The van der Waals surface area contributed by atoms with Crippen LogP contribution in [0.2, 0.25) is 5.02 Å². The molecule has 2 aliphatic heterocycles. The number of hydrogen-bond donors (Lipinski definition) is 0. The number of aliphatic imine (C=N–C) groups is 1. The van der Waals surface area contributed by atoms with Gasteiger partial charge in [-0.05, 0) is 25.1 Å². The Morgan fingerprint density at radius 3 is 2.52 bits per heavy atom. The topological polar surface area (TPSA) is 18.8 Å². The summed E-state index contributed by atoms with van der Waals surface area (Å²) in [5, 5.41) is 0.865. The van der Waals surface area contributed by atoms with Crippen molar-refractivity contribution in [2.75, 3.05) is 39.8 Å². The molecule has 2 aromatic rings. The Balaban J connectivity index is 1.64. The number of likely N-dealkylation sites (N-methyl/N-ethyl adjacent to an activating group) is 1. The molecule has 4 heteroatoms. The maximum absolute atomic E-state index is 6.55. The summed E-state index contributed by atoms with van der Waals surface area (Å²) in [6, 6.07) is 16.9. The minimum atomic E-state index is 0.269. The summed E-state index contributed by atoms with van der Waals surface area (Å²) in [6.07, 6.45) is 0.928. The quantitative estimate of drug-likeness (QED) is 0.842. The summed E-state index contributed by atoms with van der Waals surface area (Å²) in [4.78, 5) is 10.1. The molecule has 0 N–H and O–H groups in total. The number of halogens is 1. The summed E-state index contributed by atoms with van der Waals surface area (Å²) in [6.45, 7) is 5.53. The average molecular weight is 354 g/mol. The van der Waals surface area contributed by atoms with Crippen molar-refractivity contribution in [2.45, 2.75) is 12.5 Å². The highest BCUT2D eigenvalue weighted by atomic mass is 35.5. The van der Waals surface area contributed by atoms with Gasteiger partial charge in [-0.25, -0.2) is 0 Å². The first-order valence-electron chi connectivity index (χ1n) is 9.02. The lowest BCUT2D eigenvalue weighted by Crippen LogP contribution is -2.47. The lowest BCUT2D eigenvalue weighted by molar-refractivity contribution is 0.147. The van der Waals surface area contributed by atoms with Crippen molar-refractivity contribution in [3.05, 3.63) is 70.2 Å². The van der Waals surface area contributed by atoms with Gasteiger partial charge in [-0.3, -0.25) is 9.89 Å². The predicted octanol–water partition coefficient (Wildman–Crippen LogP) is 3.35. The Bertz CT molecular complexity index is 764. The normalized spacial score (nSPS) is 21.7. The number of fused-ring (bicyclic) bond motifs is 1. The standard InChI is InChI=1S/C21H24ClN3/c1-24-10-12-25(13-11-24)15-17-14-19-18(8-5-9-20(19)22)21(23-17)16-6-3-2-4-7-16/h2-9,17H,10-15H2,1H3. The molecule has 0 bridgehead atoms. The molecule has 4 rings (SSSR count). The van der Waals surface area contributed by atoms with Crippen LogP contribution in [0.25, 0.3) is 0 Å². The second kappa shape index (κ2) is 7.28. The molecule has 25 heavy (non-hydrogen) atoms. The Morgan fingerprint density at radius 2 is 1.76 bits per heavy atom. The van der Waals surface area contributed by atoms with Crippen LogP contribution in [-0.2, 0) is 6.42 Å². The van der Waals surface area contributed by atoms with Crippen LogP contribution in [0.15, 0.2) is 53.5 Å². The zero-order chi connectivity index (χ0) is 17.2. The molecule has 0 amide bonds. The number of nitrogens with zero attached hydrogens (tertiary/aromatic N) is 3. The molecule has 1 unspecified atom stereocenters. The van der Waals surface area contributed by atoms with Crippen LogP contribution >= 0.6 is 11.6 Å². The van der Waals surface area contributed by atoms with Crippen molar-refractivity contribution in [1.29, 1.82) is 0 Å². The van der Waals surface area contributed by atoms with Crippen LogP contribution in [0.3, 0.4) is 0 Å². The second-order valence-corrected chi connectivity index (χ2v) is 7.48. The Kier molecular flexibility index (Phi) is 4.89. The lowest BCUT2D eigenvalue weighted by atomic mass is 9.90. The summed E-state index contributed by atoms with van der Waals surface area (Å²) in [5.74, 6) is 0. The van der Waals surface area contributed by atoms with Gasteiger partial charge in [-0.1, -0.05) is 54.1 Å². The van der Waals surface area contributed by atoms with E-state index in [-0.39, 0.29) is 6.04 Å². The maximum Gasteiger partial charge on any atom is 0.0726 e. The SMILES string of the molecule is CN1CCN(CC2Cc3c(Cl)cccc3C(c3ccccc3)=N2)CC1. The van der Waals surface area contributed by atoms with Crippen LogP contribution in [-0.4, -0.2) is 61.3 Å². The van der Waals surface area contributed by atoms with Gasteiger partial charge in [-0.15, -0.1) is 0 Å². The summed E-state index contributed by atoms with van der Waals surface area (Å²) < 4.78 is 0. The van der Waals surface area contributed by atoms with E-state index in [0.717, 1.165) is 49.9 Å². The van der Waals surface area contributed by atoms with Crippen LogP contribution < -0.4 is 0 Å². The summed E-state index contributed by atoms with van der Waals surface area (Å²) in [5.41, 5.74) is 4.70. The fourth-order valence-corrected chi connectivity index (χ4v) is 4.03. The molecule has 0 radical (unpaired) electrons. The van der Waals surface area contributed by atoms with Crippen molar-refractivity contribution in [3.63, 3.8) is 0 Å². The van der Waals surface area contributed by atoms with E-state index in [1.807, 2.05) is 18.2 Å². The maximum atomic E-state index is 6.55. The predicted molar refractivity (Wildman–Crippen MR) is 105 cm³/mol. The molecule has 0 aliphatic carbocycles. The number of rotatable bonds is 3. The zero-order valence-electron chi connectivity index (χ0n) is 14.7. The van der Waals surface area contributed by atoms with Crippen LogP contribution in [0.4, 0.5) is 0 Å². The fourth-order valence-electron chi connectivity index (χ4n) is 3.78. The molecule has 2 aliphatic rings. The molecule has 130 valence electrons. The minimum absolute atomic E-state index is 0.269. The Hall–Kier alpha value is -1.68. The molecule has 0 aromatic heterocycles. The first-order chi connectivity index (χ1) is 12.2. The minimum Gasteiger partial charge on any atom is -0.304 e. The molecule has 0 spiro atoms. The van der Waals surface area contributed by atoms with Gasteiger partial charge < -0.3 is 4.90 Å². The van der Waals surface area contributed by atoms with Crippen molar-refractivity contribution in [3.8, 4) is 0 Å². The Morgan fingerprint density at radius 1 is 1.00 bits per heavy atom. The van der Waals surface area contributed by atoms with Crippen LogP contribution in [0.5, 0.6) is 0 Å². The first-order valence-corrected chi connectivity index (χ1v) is 9.40. The third-order valence-corrected chi connectivity index (χ3v) is 5.59. The summed E-state index contributed by atoms with van der Waals surface area (Å²) in [7, 11) is 2.19. The van der Waals surface area contributed by atoms with E-state index in [2.05, 4.69) is 47.2 Å². The number of benzene rings is 2. The highest BCUT2D eigenvalue weighted by Crippen LogP contribution is 2.29. The average Bonchev–Trinajstić information content (AvgIpc) is 2.64. The third kappa shape index (κ3) is 3.64. The zero-order valence-corrected chi connectivity index (χ0v) is 15.4. The van der Waals surface area contributed by atoms with Gasteiger partial charge in [0.15, 0.2) is 0 Å². The molecular formula is C21H24ClN3. The van der Waals surface area contributed by atoms with E-state index >= 15 is 0 Å². The van der Waals surface area contributed by atoms with Crippen molar-refractivity contribution < 1.29 is 0 Å². The van der Waals surface area contributed by atoms with Gasteiger partial charge in [0.1, 0.15) is 0 Å². The van der Waals surface area contributed by atoms with E-state index in [0.29, 0.717) is 0 Å². The molecular weight excluding hydrogens is 330 g/mol. The molecule has 2 aromatic carbocycles. The summed E-state index contributed by atoms with van der Waals surface area (Å²) >= 11 is 6.55. The second-order valence-electron chi connectivity index (χ2n) is 7.07. The van der Waals surface area contributed by atoms with E-state index in [9.17, 15) is 0 Å². The van der Waals surface area contributed by atoms with Crippen molar-refractivity contribution in [2.24, 2.45) is 4.99 Å². The van der Waals surface area contributed by atoms with E-state index in [1.54, 1.807) is 0 Å². The highest BCUT2D eigenvalue weighted by Gasteiger charge is 2.26. The molecule has 1 fully saturated rings. The highest BCUT2D eigenvalue weighted by molar-refractivity contribution is 6.32. The van der Waals surface area contributed by atoms with Gasteiger partial charge in [0, 0.05) is 48.9 Å². The van der Waals surface area contributed by atoms with Gasteiger partial charge in [0.2, 0.25) is 0 Å². The van der Waals surface area contributed by atoms with Gasteiger partial charge in [0.25, 0.3) is 0 Å². The van der Waals surface area contributed by atoms with Gasteiger partial charge in [0.05, 0.1) is 11.8 Å². The van der Waals surface area contributed by atoms with Crippen molar-refractivity contribution >= 4 is 17.3 Å². The molecule has 0 saturated carbocycles. The molecule has 3 nitrogen and oxygen atoms in total. The van der Waals surface area contributed by atoms with Crippen LogP contribution in [0.1, 0.15) is 16.7 Å². The number of hydrogen-bond acceptors (Lipinski definition) is 3.